The maximum absolute atomic E-state index is 6.00. The molecule has 0 atom stereocenters. The van der Waals surface area contributed by atoms with E-state index in [9.17, 15) is 0 Å². The number of hydrogen-bond donors (Lipinski definition) is 4. The van der Waals surface area contributed by atoms with Crippen LogP contribution in [0.1, 0.15) is 65.2 Å². The molecule has 0 saturated heterocycles. The number of hydrogen-bond acceptors (Lipinski definition) is 4. The van der Waals surface area contributed by atoms with Gasteiger partial charge in [-0.25, -0.2) is 0 Å². The van der Waals surface area contributed by atoms with E-state index in [1.54, 1.807) is 0 Å². The van der Waals surface area contributed by atoms with Crippen LogP contribution in [0.2, 0.25) is 0 Å². The highest BCUT2D eigenvalue weighted by molar-refractivity contribution is 4.97. The summed E-state index contributed by atoms with van der Waals surface area (Å²) < 4.78 is 0. The normalized spacial score (nSPS) is 26.3. The Morgan fingerprint density at radius 3 is 1.13 bits per heavy atom. The first-order valence-corrected chi connectivity index (χ1v) is 9.67. The monoisotopic (exact) mass is 324 g/mol. The van der Waals surface area contributed by atoms with E-state index in [0.29, 0.717) is 5.41 Å². The Labute approximate surface area is 143 Å². The van der Waals surface area contributed by atoms with Crippen molar-refractivity contribution in [3.8, 4) is 0 Å². The fraction of sp³-hybridized carbons (Fsp3) is 1.00. The van der Waals surface area contributed by atoms with E-state index >= 15 is 0 Å². The molecule has 2 aliphatic carbocycles. The third-order valence-corrected chi connectivity index (χ3v) is 7.93. The zero-order valence-electron chi connectivity index (χ0n) is 15.4. The molecular formula is C19H40N4. The van der Waals surface area contributed by atoms with Gasteiger partial charge in [0.15, 0.2) is 0 Å². The van der Waals surface area contributed by atoms with Crippen molar-refractivity contribution in [1.82, 2.24) is 0 Å². The molecule has 0 radical (unpaired) electrons. The summed E-state index contributed by atoms with van der Waals surface area (Å²) in [5.74, 6) is 1.61. The summed E-state index contributed by atoms with van der Waals surface area (Å²) in [6.45, 7) is 7.98. The fourth-order valence-electron chi connectivity index (χ4n) is 5.26. The molecule has 0 aromatic heterocycles. The van der Waals surface area contributed by atoms with Crippen LogP contribution in [-0.4, -0.2) is 26.2 Å². The van der Waals surface area contributed by atoms with Crippen LogP contribution in [0.4, 0.5) is 0 Å². The second-order valence-corrected chi connectivity index (χ2v) is 9.19. The van der Waals surface area contributed by atoms with Gasteiger partial charge in [-0.2, -0.15) is 0 Å². The maximum atomic E-state index is 6.00. The van der Waals surface area contributed by atoms with Crippen molar-refractivity contribution in [2.45, 2.75) is 65.2 Å². The van der Waals surface area contributed by atoms with E-state index in [2.05, 4.69) is 13.8 Å². The Hall–Kier alpha value is -0.160. The van der Waals surface area contributed by atoms with Crippen LogP contribution >= 0.6 is 0 Å². The van der Waals surface area contributed by atoms with E-state index in [4.69, 9.17) is 22.9 Å². The average Bonchev–Trinajstić information content (AvgIpc) is 2.61. The third-order valence-electron chi connectivity index (χ3n) is 7.93. The van der Waals surface area contributed by atoms with Gasteiger partial charge in [-0.3, -0.25) is 0 Å². The lowest BCUT2D eigenvalue weighted by molar-refractivity contribution is 0.00799. The van der Waals surface area contributed by atoms with Gasteiger partial charge in [-0.15, -0.1) is 0 Å². The molecule has 0 aromatic carbocycles. The molecule has 136 valence electrons. The predicted octanol–water partition coefficient (Wildman–Crippen LogP) is 2.20. The molecule has 0 amide bonds. The highest BCUT2D eigenvalue weighted by Crippen LogP contribution is 2.53. The maximum Gasteiger partial charge on any atom is -0.000844 e. The van der Waals surface area contributed by atoms with Gasteiger partial charge < -0.3 is 22.9 Å². The highest BCUT2D eigenvalue weighted by atomic mass is 14.7. The van der Waals surface area contributed by atoms with E-state index in [1.165, 1.54) is 51.4 Å². The van der Waals surface area contributed by atoms with Crippen molar-refractivity contribution < 1.29 is 0 Å². The minimum absolute atomic E-state index is 0.216. The van der Waals surface area contributed by atoms with Crippen LogP contribution in [0.3, 0.4) is 0 Å². The molecule has 0 unspecified atom stereocenters. The fourth-order valence-corrected chi connectivity index (χ4v) is 5.26. The Morgan fingerprint density at radius 2 is 0.913 bits per heavy atom. The van der Waals surface area contributed by atoms with Gasteiger partial charge in [-0.1, -0.05) is 13.8 Å². The average molecular weight is 325 g/mol. The molecule has 0 aliphatic heterocycles. The van der Waals surface area contributed by atoms with Crippen molar-refractivity contribution >= 4 is 0 Å². The van der Waals surface area contributed by atoms with Crippen molar-refractivity contribution in [1.29, 1.82) is 0 Å². The molecular weight excluding hydrogens is 284 g/mol. The zero-order chi connectivity index (χ0) is 17.1. The zero-order valence-corrected chi connectivity index (χ0v) is 15.4. The Bertz CT molecular complexity index is 318. The molecule has 2 aliphatic rings. The first kappa shape index (κ1) is 19.2. The summed E-state index contributed by atoms with van der Waals surface area (Å²) in [4.78, 5) is 0. The second-order valence-electron chi connectivity index (χ2n) is 9.19. The van der Waals surface area contributed by atoms with Gasteiger partial charge in [-0.05, 0) is 106 Å². The third kappa shape index (κ3) is 3.76. The summed E-state index contributed by atoms with van der Waals surface area (Å²) in [6.07, 6.45) is 9.97. The van der Waals surface area contributed by atoms with Gasteiger partial charge in [0.25, 0.3) is 0 Å². The standard InChI is InChI=1S/C19H40N4/c1-17(2,15-3-7-18(11-20,12-21)8-4-15)16-5-9-19(13-22,14-23)10-6-16/h15-16H,3-14,20-23H2,1-2H3. The minimum atomic E-state index is 0.216. The van der Waals surface area contributed by atoms with E-state index < -0.39 is 0 Å². The van der Waals surface area contributed by atoms with Crippen molar-refractivity contribution in [3.05, 3.63) is 0 Å². The highest BCUT2D eigenvalue weighted by Gasteiger charge is 2.45. The first-order valence-electron chi connectivity index (χ1n) is 9.67. The van der Waals surface area contributed by atoms with E-state index in [0.717, 1.165) is 38.0 Å². The van der Waals surface area contributed by atoms with Crippen molar-refractivity contribution in [2.24, 2.45) is 51.0 Å². The van der Waals surface area contributed by atoms with E-state index in [1.807, 2.05) is 0 Å². The largest absolute Gasteiger partial charge is 0.330 e. The smallest absolute Gasteiger partial charge is 0.000844 e. The summed E-state index contributed by atoms with van der Waals surface area (Å²) in [5.41, 5.74) is 24.9. The van der Waals surface area contributed by atoms with Crippen LogP contribution < -0.4 is 22.9 Å². The van der Waals surface area contributed by atoms with Gasteiger partial charge in [0.2, 0.25) is 0 Å². The van der Waals surface area contributed by atoms with Crippen molar-refractivity contribution in [2.75, 3.05) is 26.2 Å². The minimum Gasteiger partial charge on any atom is -0.330 e. The quantitative estimate of drug-likeness (QED) is 0.601. The SMILES string of the molecule is CC(C)(C1CCC(CN)(CN)CC1)C1CCC(CN)(CN)CC1. The molecule has 4 heteroatoms. The topological polar surface area (TPSA) is 104 Å². The molecule has 0 aromatic rings. The summed E-state index contributed by atoms with van der Waals surface area (Å²) >= 11 is 0. The molecule has 2 fully saturated rings. The summed E-state index contributed by atoms with van der Waals surface area (Å²) in [7, 11) is 0. The van der Waals surface area contributed by atoms with Crippen LogP contribution in [0.15, 0.2) is 0 Å². The van der Waals surface area contributed by atoms with Gasteiger partial charge >= 0.3 is 0 Å². The molecule has 0 heterocycles. The predicted molar refractivity (Wildman–Crippen MR) is 98.8 cm³/mol. The second kappa shape index (κ2) is 7.38. The van der Waals surface area contributed by atoms with Gasteiger partial charge in [0.05, 0.1) is 0 Å². The van der Waals surface area contributed by atoms with Crippen LogP contribution in [-0.2, 0) is 0 Å². The van der Waals surface area contributed by atoms with Gasteiger partial charge in [0.1, 0.15) is 0 Å². The van der Waals surface area contributed by atoms with E-state index in [-0.39, 0.29) is 10.8 Å². The lowest BCUT2D eigenvalue weighted by Crippen LogP contribution is -2.47. The Kier molecular flexibility index (Phi) is 6.15. The lowest BCUT2D eigenvalue weighted by atomic mass is 9.55. The number of rotatable bonds is 6. The number of nitrogens with two attached hydrogens (primary N) is 4. The molecule has 4 nitrogen and oxygen atoms in total. The van der Waals surface area contributed by atoms with Crippen LogP contribution in [0, 0.1) is 28.1 Å². The van der Waals surface area contributed by atoms with Crippen LogP contribution in [0.25, 0.3) is 0 Å². The Morgan fingerprint density at radius 1 is 0.652 bits per heavy atom. The lowest BCUT2D eigenvalue weighted by Gasteiger charge is -2.50. The molecule has 0 bridgehead atoms. The van der Waals surface area contributed by atoms with Crippen molar-refractivity contribution in [3.63, 3.8) is 0 Å². The Balaban J connectivity index is 1.95. The van der Waals surface area contributed by atoms with Gasteiger partial charge in [0, 0.05) is 0 Å². The first-order chi connectivity index (χ1) is 10.9. The molecule has 2 saturated carbocycles. The summed E-state index contributed by atoms with van der Waals surface area (Å²) in [6, 6.07) is 0. The molecule has 23 heavy (non-hydrogen) atoms. The molecule has 0 spiro atoms. The molecule has 8 N–H and O–H groups in total. The molecule has 2 rings (SSSR count). The summed E-state index contributed by atoms with van der Waals surface area (Å²) in [5, 5.41) is 0. The van der Waals surface area contributed by atoms with Crippen LogP contribution in [0.5, 0.6) is 0 Å².